The number of carbonyl (C=O) groups is 2. The summed E-state index contributed by atoms with van der Waals surface area (Å²) < 4.78 is 5.42. The number of amides is 2. The van der Waals surface area contributed by atoms with Crippen LogP contribution in [0.2, 0.25) is 0 Å². The topological polar surface area (TPSA) is 93.5 Å². The molecule has 0 spiro atoms. The second kappa shape index (κ2) is 9.07. The molecule has 0 saturated heterocycles. The normalized spacial score (nSPS) is 13.9. The molecule has 1 fully saturated rings. The highest BCUT2D eigenvalue weighted by atomic mass is 16.5. The van der Waals surface area contributed by atoms with E-state index in [4.69, 9.17) is 10.5 Å². The molecular weight excluding hydrogens is 342 g/mol. The van der Waals surface area contributed by atoms with E-state index in [0.29, 0.717) is 17.0 Å². The maximum absolute atomic E-state index is 12.0. The largest absolute Gasteiger partial charge is 0.484 e. The summed E-state index contributed by atoms with van der Waals surface area (Å²) in [4.78, 5) is 23.2. The molecule has 142 valence electrons. The maximum Gasteiger partial charge on any atom is 0.262 e. The Kier molecular flexibility index (Phi) is 6.30. The van der Waals surface area contributed by atoms with Gasteiger partial charge in [-0.1, -0.05) is 18.9 Å². The van der Waals surface area contributed by atoms with Crippen molar-refractivity contribution in [1.82, 2.24) is 0 Å². The first-order chi connectivity index (χ1) is 13.1. The molecule has 0 bridgehead atoms. The Morgan fingerprint density at radius 1 is 1.04 bits per heavy atom. The Balaban J connectivity index is 1.44. The van der Waals surface area contributed by atoms with Gasteiger partial charge >= 0.3 is 0 Å². The van der Waals surface area contributed by atoms with Gasteiger partial charge in [0, 0.05) is 23.5 Å². The smallest absolute Gasteiger partial charge is 0.262 e. The van der Waals surface area contributed by atoms with E-state index in [1.807, 2.05) is 24.3 Å². The molecule has 0 radical (unpaired) electrons. The summed E-state index contributed by atoms with van der Waals surface area (Å²) in [5, 5.41) is 6.24. The third kappa shape index (κ3) is 5.74. The molecule has 2 aromatic rings. The van der Waals surface area contributed by atoms with Crippen molar-refractivity contribution in [3.05, 3.63) is 54.1 Å². The highest BCUT2D eigenvalue weighted by Crippen LogP contribution is 2.25. The predicted molar refractivity (Wildman–Crippen MR) is 106 cm³/mol. The molecule has 6 nitrogen and oxygen atoms in total. The van der Waals surface area contributed by atoms with E-state index in [1.54, 1.807) is 18.2 Å². The van der Waals surface area contributed by atoms with Crippen molar-refractivity contribution >= 4 is 23.2 Å². The highest BCUT2D eigenvalue weighted by Gasteiger charge is 2.14. The maximum atomic E-state index is 12.0. The molecule has 0 atom stereocenters. The van der Waals surface area contributed by atoms with Crippen molar-refractivity contribution in [2.24, 2.45) is 11.7 Å². The summed E-state index contributed by atoms with van der Waals surface area (Å²) in [6.45, 7) is 0.855. The molecule has 27 heavy (non-hydrogen) atoms. The van der Waals surface area contributed by atoms with Gasteiger partial charge < -0.3 is 21.1 Å². The zero-order valence-electron chi connectivity index (χ0n) is 15.2. The Morgan fingerprint density at radius 3 is 2.44 bits per heavy atom. The van der Waals surface area contributed by atoms with E-state index in [1.165, 1.54) is 31.7 Å². The molecule has 0 unspecified atom stereocenters. The predicted octanol–water partition coefficient (Wildman–Crippen LogP) is 3.41. The SMILES string of the molecule is NC(=O)c1cccc(OCC(=O)Nc2ccc(NCC3CCCC3)cc2)c1. The Bertz CT molecular complexity index is 784. The van der Waals surface area contributed by atoms with E-state index >= 15 is 0 Å². The molecule has 1 aliphatic rings. The minimum atomic E-state index is -0.536. The van der Waals surface area contributed by atoms with Crippen molar-refractivity contribution in [1.29, 1.82) is 0 Å². The zero-order chi connectivity index (χ0) is 19.1. The van der Waals surface area contributed by atoms with E-state index in [-0.39, 0.29) is 12.5 Å². The highest BCUT2D eigenvalue weighted by molar-refractivity contribution is 5.93. The van der Waals surface area contributed by atoms with Crippen LogP contribution in [0.25, 0.3) is 0 Å². The number of benzene rings is 2. The fourth-order valence-corrected chi connectivity index (χ4v) is 3.23. The van der Waals surface area contributed by atoms with Gasteiger partial charge in [0.2, 0.25) is 5.91 Å². The number of nitrogens with two attached hydrogens (primary N) is 1. The molecule has 2 amide bonds. The molecule has 6 heteroatoms. The summed E-state index contributed by atoms with van der Waals surface area (Å²) in [5.41, 5.74) is 7.34. The second-order valence-electron chi connectivity index (χ2n) is 6.84. The summed E-state index contributed by atoms with van der Waals surface area (Å²) in [6.07, 6.45) is 5.30. The third-order valence-electron chi connectivity index (χ3n) is 4.73. The first-order valence-electron chi connectivity index (χ1n) is 9.26. The third-order valence-corrected chi connectivity index (χ3v) is 4.73. The van der Waals surface area contributed by atoms with Crippen molar-refractivity contribution in [2.45, 2.75) is 25.7 Å². The minimum Gasteiger partial charge on any atom is -0.484 e. The van der Waals surface area contributed by atoms with Crippen LogP contribution in [0.1, 0.15) is 36.0 Å². The van der Waals surface area contributed by atoms with Crippen molar-refractivity contribution < 1.29 is 14.3 Å². The molecule has 2 aromatic carbocycles. The van der Waals surface area contributed by atoms with Gasteiger partial charge in [-0.2, -0.15) is 0 Å². The van der Waals surface area contributed by atoms with Crippen LogP contribution < -0.4 is 21.1 Å². The fourth-order valence-electron chi connectivity index (χ4n) is 3.23. The van der Waals surface area contributed by atoms with Gasteiger partial charge in [-0.25, -0.2) is 0 Å². The number of primary amides is 1. The number of hydrogen-bond donors (Lipinski definition) is 3. The number of carbonyl (C=O) groups excluding carboxylic acids is 2. The van der Waals surface area contributed by atoms with Crippen LogP contribution in [-0.2, 0) is 4.79 Å². The first-order valence-corrected chi connectivity index (χ1v) is 9.26. The quantitative estimate of drug-likeness (QED) is 0.666. The average Bonchev–Trinajstić information content (AvgIpc) is 3.20. The fraction of sp³-hybridized carbons (Fsp3) is 0.333. The van der Waals surface area contributed by atoms with Crippen LogP contribution in [0.3, 0.4) is 0 Å². The Labute approximate surface area is 159 Å². The van der Waals surface area contributed by atoms with Crippen LogP contribution in [-0.4, -0.2) is 25.0 Å². The standard InChI is InChI=1S/C21H25N3O3/c22-21(26)16-6-3-7-19(12-16)27-14-20(25)24-18-10-8-17(9-11-18)23-13-15-4-1-2-5-15/h3,6-12,15,23H,1-2,4-5,13-14H2,(H2,22,26)(H,24,25). The van der Waals surface area contributed by atoms with Crippen LogP contribution in [0.5, 0.6) is 5.75 Å². The number of anilines is 2. The van der Waals surface area contributed by atoms with Gasteiger partial charge in [0.1, 0.15) is 5.75 Å². The number of hydrogen-bond acceptors (Lipinski definition) is 4. The average molecular weight is 367 g/mol. The van der Waals surface area contributed by atoms with Crippen LogP contribution in [0, 0.1) is 5.92 Å². The van der Waals surface area contributed by atoms with Gasteiger partial charge in [-0.05, 0) is 61.2 Å². The number of rotatable bonds is 8. The summed E-state index contributed by atoms with van der Waals surface area (Å²) in [5.74, 6) is 0.389. The summed E-state index contributed by atoms with van der Waals surface area (Å²) >= 11 is 0. The van der Waals surface area contributed by atoms with Gasteiger partial charge in [0.25, 0.3) is 5.91 Å². The van der Waals surface area contributed by atoms with E-state index < -0.39 is 5.91 Å². The van der Waals surface area contributed by atoms with Gasteiger partial charge in [-0.15, -0.1) is 0 Å². The lowest BCUT2D eigenvalue weighted by Gasteiger charge is -2.12. The van der Waals surface area contributed by atoms with E-state index in [2.05, 4.69) is 10.6 Å². The molecule has 3 rings (SSSR count). The van der Waals surface area contributed by atoms with Gasteiger partial charge in [0.05, 0.1) is 0 Å². The number of nitrogens with one attached hydrogen (secondary N) is 2. The molecule has 4 N–H and O–H groups in total. The van der Waals surface area contributed by atoms with Crippen molar-refractivity contribution in [3.8, 4) is 5.75 Å². The lowest BCUT2D eigenvalue weighted by Crippen LogP contribution is -2.20. The van der Waals surface area contributed by atoms with E-state index in [9.17, 15) is 9.59 Å². The Morgan fingerprint density at radius 2 is 1.74 bits per heavy atom. The van der Waals surface area contributed by atoms with Crippen molar-refractivity contribution in [3.63, 3.8) is 0 Å². The second-order valence-corrected chi connectivity index (χ2v) is 6.84. The molecule has 1 aliphatic carbocycles. The molecule has 0 aliphatic heterocycles. The zero-order valence-corrected chi connectivity index (χ0v) is 15.2. The monoisotopic (exact) mass is 367 g/mol. The van der Waals surface area contributed by atoms with Crippen molar-refractivity contribution in [2.75, 3.05) is 23.8 Å². The number of ether oxygens (including phenoxy) is 1. The summed E-state index contributed by atoms with van der Waals surface area (Å²) in [6, 6.07) is 14.1. The van der Waals surface area contributed by atoms with Crippen LogP contribution >= 0.6 is 0 Å². The molecule has 1 saturated carbocycles. The Hall–Kier alpha value is -3.02. The van der Waals surface area contributed by atoms with E-state index in [0.717, 1.165) is 18.2 Å². The molecule has 0 heterocycles. The molecular formula is C21H25N3O3. The van der Waals surface area contributed by atoms with Gasteiger partial charge in [-0.3, -0.25) is 9.59 Å². The molecule has 0 aromatic heterocycles. The lowest BCUT2D eigenvalue weighted by atomic mass is 10.1. The van der Waals surface area contributed by atoms with Crippen LogP contribution in [0.4, 0.5) is 11.4 Å². The lowest BCUT2D eigenvalue weighted by molar-refractivity contribution is -0.118. The first kappa shape index (κ1) is 18.8. The van der Waals surface area contributed by atoms with Gasteiger partial charge in [0.15, 0.2) is 6.61 Å². The van der Waals surface area contributed by atoms with Crippen LogP contribution in [0.15, 0.2) is 48.5 Å². The minimum absolute atomic E-state index is 0.149. The summed E-state index contributed by atoms with van der Waals surface area (Å²) in [7, 11) is 0.